The Morgan fingerprint density at radius 1 is 1.64 bits per heavy atom. The van der Waals surface area contributed by atoms with Crippen LogP contribution in [0.2, 0.25) is 0 Å². The summed E-state index contributed by atoms with van der Waals surface area (Å²) in [5, 5.41) is 12.7. The Kier molecular flexibility index (Phi) is 1.95. The molecule has 0 spiro atoms. The van der Waals surface area contributed by atoms with Crippen molar-refractivity contribution < 1.29 is 9.90 Å². The molecule has 0 unspecified atom stereocenters. The highest BCUT2D eigenvalue weighted by molar-refractivity contribution is 9.10. The predicted molar refractivity (Wildman–Crippen MR) is 51.0 cm³/mol. The first-order valence-electron chi connectivity index (χ1n) is 3.68. The van der Waals surface area contributed by atoms with E-state index in [4.69, 9.17) is 5.11 Å². The molecule has 0 amide bonds. The molecule has 0 atom stereocenters. The molecular formula is C7H5BrN4O2. The Morgan fingerprint density at radius 2 is 2.36 bits per heavy atom. The maximum atomic E-state index is 10.8. The summed E-state index contributed by atoms with van der Waals surface area (Å²) in [6.07, 6.45) is 1.52. The van der Waals surface area contributed by atoms with Crippen molar-refractivity contribution in [2.75, 3.05) is 0 Å². The number of hydrogen-bond acceptors (Lipinski definition) is 4. The highest BCUT2D eigenvalue weighted by Gasteiger charge is 2.16. The van der Waals surface area contributed by atoms with Crippen molar-refractivity contribution in [3.05, 3.63) is 16.6 Å². The largest absolute Gasteiger partial charge is 0.476 e. The number of carbonyl (C=O) groups is 1. The zero-order chi connectivity index (χ0) is 10.3. The van der Waals surface area contributed by atoms with Crippen LogP contribution < -0.4 is 0 Å². The molecule has 0 aliphatic heterocycles. The molecule has 2 aromatic heterocycles. The Bertz CT molecular complexity index is 522. The first kappa shape index (κ1) is 9.07. The number of hydrogen-bond donors (Lipinski definition) is 1. The number of aryl methyl sites for hydroxylation is 1. The Hall–Kier alpha value is -1.50. The van der Waals surface area contributed by atoms with Gasteiger partial charge in [0.15, 0.2) is 10.4 Å². The van der Waals surface area contributed by atoms with Crippen LogP contribution in [-0.2, 0) is 7.05 Å². The number of fused-ring (bicyclic) bond motifs is 1. The average Bonchev–Trinajstić information content (AvgIpc) is 2.43. The summed E-state index contributed by atoms with van der Waals surface area (Å²) < 4.78 is 1.78. The van der Waals surface area contributed by atoms with E-state index in [9.17, 15) is 4.79 Å². The van der Waals surface area contributed by atoms with Crippen molar-refractivity contribution in [2.24, 2.45) is 7.05 Å². The summed E-state index contributed by atoms with van der Waals surface area (Å²) in [5.41, 5.74) is 0.859. The molecule has 6 nitrogen and oxygen atoms in total. The van der Waals surface area contributed by atoms with Gasteiger partial charge in [-0.15, -0.1) is 0 Å². The minimum absolute atomic E-state index is 0.0643. The molecule has 0 aliphatic rings. The lowest BCUT2D eigenvalue weighted by molar-refractivity contribution is 0.0691. The third kappa shape index (κ3) is 1.25. The van der Waals surface area contributed by atoms with Crippen LogP contribution in [0.25, 0.3) is 11.0 Å². The Morgan fingerprint density at radius 3 is 3.00 bits per heavy atom. The normalized spacial score (nSPS) is 10.7. The number of aromatic carboxylic acids is 1. The van der Waals surface area contributed by atoms with Crippen molar-refractivity contribution in [1.82, 2.24) is 19.7 Å². The van der Waals surface area contributed by atoms with Gasteiger partial charge in [0.25, 0.3) is 0 Å². The second-order valence-electron chi connectivity index (χ2n) is 2.65. The molecule has 2 rings (SSSR count). The van der Waals surface area contributed by atoms with Crippen LogP contribution in [0.15, 0.2) is 10.9 Å². The second kappa shape index (κ2) is 3.02. The predicted octanol–water partition coefficient (Wildman–Crippen LogP) is 0.824. The molecule has 1 N–H and O–H groups in total. The third-order valence-electron chi connectivity index (χ3n) is 1.77. The highest BCUT2D eigenvalue weighted by atomic mass is 79.9. The van der Waals surface area contributed by atoms with Gasteiger partial charge in [-0.1, -0.05) is 0 Å². The van der Waals surface area contributed by atoms with Crippen molar-refractivity contribution in [1.29, 1.82) is 0 Å². The minimum Gasteiger partial charge on any atom is -0.476 e. The molecule has 2 heterocycles. The van der Waals surface area contributed by atoms with Gasteiger partial charge < -0.3 is 5.11 Å². The highest BCUT2D eigenvalue weighted by Crippen LogP contribution is 2.16. The molecule has 72 valence electrons. The lowest BCUT2D eigenvalue weighted by atomic mass is 10.3. The van der Waals surface area contributed by atoms with Crippen molar-refractivity contribution in [2.45, 2.75) is 0 Å². The van der Waals surface area contributed by atoms with Crippen LogP contribution >= 0.6 is 15.9 Å². The molecule has 0 radical (unpaired) electrons. The van der Waals surface area contributed by atoms with E-state index < -0.39 is 5.97 Å². The van der Waals surface area contributed by atoms with E-state index in [-0.39, 0.29) is 5.69 Å². The Balaban J connectivity index is 2.85. The fourth-order valence-corrected chi connectivity index (χ4v) is 1.44. The SMILES string of the molecule is Cn1nc(C(=O)O)c2nc(Br)ncc21. The van der Waals surface area contributed by atoms with Gasteiger partial charge in [0.2, 0.25) is 0 Å². The number of rotatable bonds is 1. The molecular weight excluding hydrogens is 252 g/mol. The lowest BCUT2D eigenvalue weighted by Crippen LogP contribution is -1.99. The van der Waals surface area contributed by atoms with Gasteiger partial charge in [-0.3, -0.25) is 4.68 Å². The van der Waals surface area contributed by atoms with Gasteiger partial charge in [0.05, 0.1) is 6.20 Å². The van der Waals surface area contributed by atoms with Crippen molar-refractivity contribution in [3.8, 4) is 0 Å². The molecule has 0 bridgehead atoms. The van der Waals surface area contributed by atoms with Crippen LogP contribution in [0, 0.1) is 0 Å². The molecule has 7 heteroatoms. The molecule has 0 saturated carbocycles. The first-order valence-corrected chi connectivity index (χ1v) is 4.47. The summed E-state index contributed by atoms with van der Waals surface area (Å²) in [7, 11) is 1.64. The van der Waals surface area contributed by atoms with E-state index in [0.717, 1.165) is 0 Å². The Labute approximate surface area is 86.7 Å². The summed E-state index contributed by atoms with van der Waals surface area (Å²) in [4.78, 5) is 18.6. The van der Waals surface area contributed by atoms with E-state index in [2.05, 4.69) is 31.0 Å². The number of carboxylic acids is 1. The van der Waals surface area contributed by atoms with Crippen LogP contribution in [0.5, 0.6) is 0 Å². The van der Waals surface area contributed by atoms with Crippen molar-refractivity contribution >= 4 is 32.9 Å². The topological polar surface area (TPSA) is 80.9 Å². The maximum Gasteiger partial charge on any atom is 0.358 e. The molecule has 14 heavy (non-hydrogen) atoms. The van der Waals surface area contributed by atoms with Gasteiger partial charge >= 0.3 is 5.97 Å². The molecule has 0 saturated heterocycles. The van der Waals surface area contributed by atoms with Crippen LogP contribution in [-0.4, -0.2) is 30.8 Å². The third-order valence-corrected chi connectivity index (χ3v) is 2.15. The lowest BCUT2D eigenvalue weighted by Gasteiger charge is -1.91. The van der Waals surface area contributed by atoms with Gasteiger partial charge in [-0.2, -0.15) is 5.10 Å². The number of carboxylic acid groups (broad SMARTS) is 1. The summed E-state index contributed by atoms with van der Waals surface area (Å²) in [5.74, 6) is -1.10. The maximum absolute atomic E-state index is 10.8. The van der Waals surface area contributed by atoms with Crippen LogP contribution in [0.1, 0.15) is 10.5 Å². The minimum atomic E-state index is -1.10. The van der Waals surface area contributed by atoms with E-state index in [1.165, 1.54) is 10.9 Å². The van der Waals surface area contributed by atoms with Crippen molar-refractivity contribution in [3.63, 3.8) is 0 Å². The first-order chi connectivity index (χ1) is 6.59. The summed E-state index contributed by atoms with van der Waals surface area (Å²) in [6, 6.07) is 0. The fraction of sp³-hybridized carbons (Fsp3) is 0.143. The van der Waals surface area contributed by atoms with Crippen LogP contribution in [0.3, 0.4) is 0 Å². The quantitative estimate of drug-likeness (QED) is 0.765. The standard InChI is InChI=1S/C7H5BrN4O2/c1-12-3-2-9-7(8)10-4(3)5(11-12)6(13)14/h2H,1H3,(H,13,14). The smallest absolute Gasteiger partial charge is 0.358 e. The number of aromatic nitrogens is 4. The fourth-order valence-electron chi connectivity index (χ4n) is 1.16. The van der Waals surface area contributed by atoms with Gasteiger partial charge in [-0.25, -0.2) is 14.8 Å². The molecule has 0 aliphatic carbocycles. The van der Waals surface area contributed by atoms with E-state index in [1.54, 1.807) is 7.05 Å². The average molecular weight is 257 g/mol. The molecule has 2 aromatic rings. The molecule has 0 fully saturated rings. The number of halogens is 1. The number of nitrogens with zero attached hydrogens (tertiary/aromatic N) is 4. The zero-order valence-corrected chi connectivity index (χ0v) is 8.69. The van der Waals surface area contributed by atoms with Crippen LogP contribution in [0.4, 0.5) is 0 Å². The monoisotopic (exact) mass is 256 g/mol. The van der Waals surface area contributed by atoms with E-state index >= 15 is 0 Å². The van der Waals surface area contributed by atoms with Gasteiger partial charge in [-0.05, 0) is 15.9 Å². The van der Waals surface area contributed by atoms with Gasteiger partial charge in [0, 0.05) is 7.05 Å². The zero-order valence-electron chi connectivity index (χ0n) is 7.10. The van der Waals surface area contributed by atoms with E-state index in [0.29, 0.717) is 15.8 Å². The van der Waals surface area contributed by atoms with E-state index in [1.807, 2.05) is 0 Å². The summed E-state index contributed by atoms with van der Waals surface area (Å²) in [6.45, 7) is 0. The second-order valence-corrected chi connectivity index (χ2v) is 3.36. The van der Waals surface area contributed by atoms with Gasteiger partial charge in [0.1, 0.15) is 11.0 Å². The molecule has 0 aromatic carbocycles. The summed E-state index contributed by atoms with van der Waals surface area (Å²) >= 11 is 3.07.